The largest absolute Gasteiger partial charge is 0.458 e. The van der Waals surface area contributed by atoms with Gasteiger partial charge in [0.25, 0.3) is 6.71 Å². The summed E-state index contributed by atoms with van der Waals surface area (Å²) in [4.78, 5) is 2.43. The third-order valence-electron chi connectivity index (χ3n) is 11.2. The smallest absolute Gasteiger partial charge is 0.260 e. The van der Waals surface area contributed by atoms with Gasteiger partial charge in [0, 0.05) is 29.0 Å². The molecular formula is C40H38BNO2Si. The number of ether oxygens (including phenoxy) is 2. The summed E-state index contributed by atoms with van der Waals surface area (Å²) in [6.07, 6.45) is 2.35. The average molecular weight is 604 g/mol. The number of benzene rings is 5. The molecule has 1 aliphatic carbocycles. The zero-order valence-corrected chi connectivity index (χ0v) is 28.0. The van der Waals surface area contributed by atoms with Crippen LogP contribution in [0.1, 0.15) is 51.7 Å². The van der Waals surface area contributed by atoms with E-state index >= 15 is 0 Å². The normalized spacial score (nSPS) is 18.6. The summed E-state index contributed by atoms with van der Waals surface area (Å²) in [6, 6.07) is 35.8. The summed E-state index contributed by atoms with van der Waals surface area (Å²) in [7, 11) is -1.90. The van der Waals surface area contributed by atoms with E-state index < -0.39 is 8.07 Å². The molecule has 0 amide bonds. The highest BCUT2D eigenvalue weighted by Gasteiger charge is 2.45. The minimum atomic E-state index is -1.90. The molecule has 0 spiro atoms. The fourth-order valence-electron chi connectivity index (χ4n) is 8.57. The van der Waals surface area contributed by atoms with Crippen LogP contribution in [0.2, 0.25) is 13.1 Å². The Balaban J connectivity index is 1.29. The summed E-state index contributed by atoms with van der Waals surface area (Å²) >= 11 is 0. The highest BCUT2D eigenvalue weighted by molar-refractivity contribution is 7.02. The highest BCUT2D eigenvalue weighted by atomic mass is 28.3. The molecule has 222 valence electrons. The molecule has 0 saturated carbocycles. The second-order valence-corrected chi connectivity index (χ2v) is 19.6. The first kappa shape index (κ1) is 27.1. The molecular weight excluding hydrogens is 565 g/mol. The van der Waals surface area contributed by atoms with Gasteiger partial charge in [0.2, 0.25) is 0 Å². The van der Waals surface area contributed by atoms with Crippen molar-refractivity contribution in [3.05, 3.63) is 108 Å². The van der Waals surface area contributed by atoms with Crippen molar-refractivity contribution < 1.29 is 9.47 Å². The van der Waals surface area contributed by atoms with Crippen molar-refractivity contribution in [1.82, 2.24) is 0 Å². The van der Waals surface area contributed by atoms with Crippen LogP contribution < -0.4 is 41.1 Å². The number of para-hydroxylation sites is 3. The molecule has 0 fully saturated rings. The second kappa shape index (κ2) is 8.95. The molecule has 5 aromatic carbocycles. The zero-order valence-electron chi connectivity index (χ0n) is 27.0. The van der Waals surface area contributed by atoms with Gasteiger partial charge in [-0.15, -0.1) is 0 Å². The van der Waals surface area contributed by atoms with Crippen molar-refractivity contribution >= 4 is 58.6 Å². The molecule has 3 heterocycles. The van der Waals surface area contributed by atoms with E-state index in [0.717, 1.165) is 34.1 Å². The maximum atomic E-state index is 7.02. The topological polar surface area (TPSA) is 21.7 Å². The molecule has 9 rings (SSSR count). The standard InChI is InChI=1S/C40H38BNO2Si/c1-39(2)19-20-40(3,4)27-24-33-29(23-26(27)39)41-28-13-7-10-16-32(28)43-34-21-25(22-35(44-33)38(34)41)42-30-14-8-11-17-36(30)45(5,6)37-18-12-9-15-31(37)42/h7-18,21-24H,19-20H2,1-6H3. The lowest BCUT2D eigenvalue weighted by Crippen LogP contribution is -2.59. The molecule has 0 unspecified atom stereocenters. The Labute approximate surface area is 267 Å². The first-order valence-corrected chi connectivity index (χ1v) is 19.4. The lowest BCUT2D eigenvalue weighted by atomic mass is 9.34. The summed E-state index contributed by atoms with van der Waals surface area (Å²) in [5.74, 6) is 3.67. The van der Waals surface area contributed by atoms with Gasteiger partial charge in [-0.05, 0) is 80.4 Å². The number of hydrogen-bond acceptors (Lipinski definition) is 3. The average Bonchev–Trinajstić information content (AvgIpc) is 3.03. The minimum absolute atomic E-state index is 0.0520. The van der Waals surface area contributed by atoms with Crippen LogP contribution in [-0.4, -0.2) is 14.8 Å². The zero-order chi connectivity index (χ0) is 30.9. The lowest BCUT2D eigenvalue weighted by Gasteiger charge is -2.44. The number of rotatable bonds is 1. The molecule has 5 heteroatoms. The predicted molar refractivity (Wildman–Crippen MR) is 191 cm³/mol. The summed E-state index contributed by atoms with van der Waals surface area (Å²) in [6.45, 7) is 14.6. The van der Waals surface area contributed by atoms with E-state index in [1.54, 1.807) is 0 Å². The van der Waals surface area contributed by atoms with Crippen LogP contribution >= 0.6 is 0 Å². The molecule has 0 aromatic heterocycles. The van der Waals surface area contributed by atoms with Crippen LogP contribution in [-0.2, 0) is 10.8 Å². The number of nitrogens with zero attached hydrogens (tertiary/aromatic N) is 1. The first-order valence-electron chi connectivity index (χ1n) is 16.4. The maximum Gasteiger partial charge on any atom is 0.260 e. The van der Waals surface area contributed by atoms with Crippen molar-refractivity contribution in [2.24, 2.45) is 0 Å². The van der Waals surface area contributed by atoms with Crippen LogP contribution in [0, 0.1) is 0 Å². The molecule has 0 radical (unpaired) electrons. The van der Waals surface area contributed by atoms with Gasteiger partial charge in [0.05, 0.1) is 5.69 Å². The van der Waals surface area contributed by atoms with Gasteiger partial charge in [-0.2, -0.15) is 0 Å². The second-order valence-electron chi connectivity index (χ2n) is 15.2. The van der Waals surface area contributed by atoms with Crippen molar-refractivity contribution in [1.29, 1.82) is 0 Å². The van der Waals surface area contributed by atoms with E-state index in [9.17, 15) is 0 Å². The first-order chi connectivity index (χ1) is 21.5. The van der Waals surface area contributed by atoms with E-state index in [1.807, 2.05) is 0 Å². The molecule has 3 nitrogen and oxygen atoms in total. The van der Waals surface area contributed by atoms with Crippen LogP contribution in [0.4, 0.5) is 17.1 Å². The Bertz CT molecular complexity index is 2030. The maximum absolute atomic E-state index is 7.02. The Hall–Kier alpha value is -4.22. The molecule has 0 bridgehead atoms. The van der Waals surface area contributed by atoms with Crippen molar-refractivity contribution in [3.8, 4) is 23.0 Å². The molecule has 0 N–H and O–H groups in total. The van der Waals surface area contributed by atoms with Gasteiger partial charge in [-0.1, -0.05) is 101 Å². The van der Waals surface area contributed by atoms with E-state index in [1.165, 1.54) is 56.6 Å². The SMILES string of the molecule is CC1(C)CCC(C)(C)c2cc3c(cc21)Oc1cc(N2c4ccccc4[Si](C)(C)c4ccccc42)cc2c1B3c1ccccc1O2. The summed E-state index contributed by atoms with van der Waals surface area (Å²) in [5.41, 5.74) is 10.2. The number of hydrogen-bond donors (Lipinski definition) is 0. The molecule has 5 aromatic rings. The molecule has 0 saturated heterocycles. The van der Waals surface area contributed by atoms with Crippen LogP contribution in [0.15, 0.2) is 97.1 Å². The lowest BCUT2D eigenvalue weighted by molar-refractivity contribution is 0.330. The predicted octanol–water partition coefficient (Wildman–Crippen LogP) is 7.37. The van der Waals surface area contributed by atoms with Crippen LogP contribution in [0.25, 0.3) is 0 Å². The molecule has 3 aliphatic heterocycles. The Morgan fingerprint density at radius 2 is 1.13 bits per heavy atom. The van der Waals surface area contributed by atoms with E-state index in [0.29, 0.717) is 0 Å². The van der Waals surface area contributed by atoms with Crippen molar-refractivity contribution in [2.75, 3.05) is 4.90 Å². The summed E-state index contributed by atoms with van der Waals surface area (Å²) in [5, 5.41) is 2.89. The van der Waals surface area contributed by atoms with E-state index in [2.05, 4.69) is 143 Å². The molecule has 45 heavy (non-hydrogen) atoms. The third kappa shape index (κ3) is 3.71. The fraction of sp³-hybridized carbons (Fsp3) is 0.250. The van der Waals surface area contributed by atoms with Crippen molar-refractivity contribution in [2.45, 2.75) is 64.5 Å². The van der Waals surface area contributed by atoms with Crippen molar-refractivity contribution in [3.63, 3.8) is 0 Å². The van der Waals surface area contributed by atoms with Crippen LogP contribution in [0.3, 0.4) is 0 Å². The van der Waals surface area contributed by atoms with Gasteiger partial charge < -0.3 is 14.4 Å². The van der Waals surface area contributed by atoms with Gasteiger partial charge in [0.1, 0.15) is 31.1 Å². The van der Waals surface area contributed by atoms with Crippen LogP contribution in [0.5, 0.6) is 23.0 Å². The number of anilines is 3. The molecule has 0 atom stereocenters. The fourth-order valence-corrected chi connectivity index (χ4v) is 11.6. The number of fused-ring (bicyclic) bond motifs is 7. The summed E-state index contributed by atoms with van der Waals surface area (Å²) < 4.78 is 13.8. The minimum Gasteiger partial charge on any atom is -0.458 e. The quantitative estimate of drug-likeness (QED) is 0.183. The van der Waals surface area contributed by atoms with Gasteiger partial charge >= 0.3 is 0 Å². The van der Waals surface area contributed by atoms with Gasteiger partial charge in [-0.3, -0.25) is 0 Å². The molecule has 4 aliphatic rings. The van der Waals surface area contributed by atoms with E-state index in [-0.39, 0.29) is 17.5 Å². The Morgan fingerprint density at radius 1 is 0.600 bits per heavy atom. The van der Waals surface area contributed by atoms with Gasteiger partial charge in [-0.25, -0.2) is 0 Å². The van der Waals surface area contributed by atoms with Gasteiger partial charge in [0.15, 0.2) is 0 Å². The third-order valence-corrected chi connectivity index (χ3v) is 14.8. The highest BCUT2D eigenvalue weighted by Crippen LogP contribution is 2.49. The van der Waals surface area contributed by atoms with E-state index in [4.69, 9.17) is 9.47 Å². The Morgan fingerprint density at radius 3 is 1.78 bits per heavy atom. The monoisotopic (exact) mass is 603 g/mol. The Kier molecular flexibility index (Phi) is 5.39.